The Morgan fingerprint density at radius 1 is 1.21 bits per heavy atom. The lowest BCUT2D eigenvalue weighted by Gasteiger charge is -2.30. The Balaban J connectivity index is 1.86. The molecule has 3 rings (SSSR count). The van der Waals surface area contributed by atoms with Crippen molar-refractivity contribution < 1.29 is 14.6 Å². The third-order valence-electron chi connectivity index (χ3n) is 4.21. The SMILES string of the molecule is N#C/C(=C/c1ccc(O)c(Cl)c1)C(=O)Nc1cc(Cl)ccc1N1CCOCC1. The van der Waals surface area contributed by atoms with Crippen LogP contribution in [0.4, 0.5) is 11.4 Å². The van der Waals surface area contributed by atoms with Crippen molar-refractivity contribution in [2.24, 2.45) is 0 Å². The zero-order valence-corrected chi connectivity index (χ0v) is 16.3. The van der Waals surface area contributed by atoms with Crippen molar-refractivity contribution in [1.29, 1.82) is 5.26 Å². The number of phenolic OH excluding ortho intramolecular Hbond substituents is 1. The standard InChI is InChI=1S/C20H17Cl2N3O3/c21-15-2-3-18(25-5-7-28-8-6-25)17(11-15)24-20(27)14(12-23)9-13-1-4-19(26)16(22)10-13/h1-4,9-11,26H,5-8H2,(H,24,27)/b14-9-. The van der Waals surface area contributed by atoms with Gasteiger partial charge in [0.2, 0.25) is 0 Å². The van der Waals surface area contributed by atoms with Gasteiger partial charge in [-0.3, -0.25) is 4.79 Å². The minimum Gasteiger partial charge on any atom is -0.506 e. The molecule has 8 heteroatoms. The van der Waals surface area contributed by atoms with Crippen molar-refractivity contribution in [3.05, 3.63) is 57.6 Å². The summed E-state index contributed by atoms with van der Waals surface area (Å²) in [5, 5.41) is 22.3. The molecule has 0 spiro atoms. The lowest BCUT2D eigenvalue weighted by molar-refractivity contribution is -0.112. The molecule has 2 aromatic carbocycles. The van der Waals surface area contributed by atoms with E-state index in [4.69, 9.17) is 27.9 Å². The smallest absolute Gasteiger partial charge is 0.266 e. The summed E-state index contributed by atoms with van der Waals surface area (Å²) in [4.78, 5) is 14.8. The van der Waals surface area contributed by atoms with Crippen molar-refractivity contribution in [3.8, 4) is 11.8 Å². The Morgan fingerprint density at radius 3 is 2.64 bits per heavy atom. The molecular weight excluding hydrogens is 401 g/mol. The van der Waals surface area contributed by atoms with Gasteiger partial charge in [0, 0.05) is 18.1 Å². The van der Waals surface area contributed by atoms with Gasteiger partial charge < -0.3 is 20.1 Å². The number of nitrogens with zero attached hydrogens (tertiary/aromatic N) is 2. The molecule has 1 fully saturated rings. The zero-order chi connectivity index (χ0) is 20.1. The maximum absolute atomic E-state index is 12.7. The number of morpholine rings is 1. The van der Waals surface area contributed by atoms with E-state index in [0.717, 1.165) is 5.69 Å². The number of nitriles is 1. The van der Waals surface area contributed by atoms with E-state index in [9.17, 15) is 15.2 Å². The molecule has 0 atom stereocenters. The van der Waals surface area contributed by atoms with Gasteiger partial charge in [-0.25, -0.2) is 0 Å². The average Bonchev–Trinajstić information content (AvgIpc) is 2.69. The predicted octanol–water partition coefficient (Wildman–Crippen LogP) is 4.08. The third kappa shape index (κ3) is 4.76. The highest BCUT2D eigenvalue weighted by Crippen LogP contribution is 2.30. The number of ether oxygens (including phenoxy) is 1. The second-order valence-corrected chi connectivity index (χ2v) is 6.94. The number of rotatable bonds is 4. The molecule has 2 aromatic rings. The molecule has 0 unspecified atom stereocenters. The Labute approximate surface area is 172 Å². The number of hydrogen-bond acceptors (Lipinski definition) is 5. The average molecular weight is 418 g/mol. The van der Waals surface area contributed by atoms with Crippen molar-refractivity contribution in [2.75, 3.05) is 36.5 Å². The summed E-state index contributed by atoms with van der Waals surface area (Å²) in [6.45, 7) is 2.58. The topological polar surface area (TPSA) is 85.6 Å². The number of halogens is 2. The summed E-state index contributed by atoms with van der Waals surface area (Å²) >= 11 is 12.0. The third-order valence-corrected chi connectivity index (χ3v) is 4.74. The largest absolute Gasteiger partial charge is 0.506 e. The second-order valence-electron chi connectivity index (χ2n) is 6.10. The Bertz CT molecular complexity index is 964. The zero-order valence-electron chi connectivity index (χ0n) is 14.8. The van der Waals surface area contributed by atoms with Crippen LogP contribution < -0.4 is 10.2 Å². The first-order valence-electron chi connectivity index (χ1n) is 8.52. The summed E-state index contributed by atoms with van der Waals surface area (Å²) in [6, 6.07) is 11.6. The summed E-state index contributed by atoms with van der Waals surface area (Å²) in [6.07, 6.45) is 1.40. The van der Waals surface area contributed by atoms with Crippen LogP contribution in [0, 0.1) is 11.3 Å². The highest BCUT2D eigenvalue weighted by atomic mass is 35.5. The molecular formula is C20H17Cl2N3O3. The molecule has 6 nitrogen and oxygen atoms in total. The Kier molecular flexibility index (Phi) is 6.42. The molecule has 2 N–H and O–H groups in total. The van der Waals surface area contributed by atoms with Gasteiger partial charge in [0.05, 0.1) is 29.6 Å². The number of aromatic hydroxyl groups is 1. The van der Waals surface area contributed by atoms with Crippen molar-refractivity contribution in [3.63, 3.8) is 0 Å². The molecule has 0 bridgehead atoms. The van der Waals surface area contributed by atoms with Gasteiger partial charge in [-0.2, -0.15) is 5.26 Å². The molecule has 0 aliphatic carbocycles. The first-order chi connectivity index (χ1) is 13.5. The van der Waals surface area contributed by atoms with Crippen molar-refractivity contribution in [1.82, 2.24) is 0 Å². The molecule has 0 radical (unpaired) electrons. The Morgan fingerprint density at radius 2 is 1.96 bits per heavy atom. The minimum absolute atomic E-state index is 0.0733. The van der Waals surface area contributed by atoms with Crippen LogP contribution in [0.15, 0.2) is 42.0 Å². The van der Waals surface area contributed by atoms with Crippen LogP contribution in [0.1, 0.15) is 5.56 Å². The summed E-state index contributed by atoms with van der Waals surface area (Å²) in [7, 11) is 0. The summed E-state index contributed by atoms with van der Waals surface area (Å²) < 4.78 is 5.37. The molecule has 144 valence electrons. The van der Waals surface area contributed by atoms with Gasteiger partial charge in [-0.15, -0.1) is 0 Å². The quantitative estimate of drug-likeness (QED) is 0.577. The first kappa shape index (κ1) is 20.0. The van der Waals surface area contributed by atoms with Crippen LogP contribution in [0.2, 0.25) is 10.0 Å². The lowest BCUT2D eigenvalue weighted by Crippen LogP contribution is -2.36. The van der Waals surface area contributed by atoms with E-state index in [-0.39, 0.29) is 16.3 Å². The highest BCUT2D eigenvalue weighted by molar-refractivity contribution is 6.32. The number of carbonyl (C=O) groups is 1. The Hall–Kier alpha value is -2.72. The molecule has 1 aliphatic rings. The van der Waals surface area contributed by atoms with Crippen LogP contribution in [-0.2, 0) is 9.53 Å². The molecule has 0 saturated carbocycles. The van der Waals surface area contributed by atoms with Crippen LogP contribution in [0.25, 0.3) is 6.08 Å². The number of anilines is 2. The molecule has 1 amide bonds. The van der Waals surface area contributed by atoms with Crippen LogP contribution in [0.3, 0.4) is 0 Å². The molecule has 1 aliphatic heterocycles. The van der Waals surface area contributed by atoms with Crippen molar-refractivity contribution >= 4 is 46.6 Å². The van der Waals surface area contributed by atoms with Gasteiger partial charge in [0.25, 0.3) is 5.91 Å². The number of phenols is 1. The number of amides is 1. The van der Waals surface area contributed by atoms with E-state index < -0.39 is 5.91 Å². The molecule has 1 heterocycles. The van der Waals surface area contributed by atoms with E-state index in [1.165, 1.54) is 18.2 Å². The second kappa shape index (κ2) is 8.98. The molecule has 1 saturated heterocycles. The van der Waals surface area contributed by atoms with Gasteiger partial charge in [0.15, 0.2) is 0 Å². The number of benzene rings is 2. The maximum atomic E-state index is 12.7. The van der Waals surface area contributed by atoms with Crippen LogP contribution in [-0.4, -0.2) is 37.3 Å². The normalized spacial score (nSPS) is 14.5. The van der Waals surface area contributed by atoms with Gasteiger partial charge >= 0.3 is 0 Å². The maximum Gasteiger partial charge on any atom is 0.266 e. The predicted molar refractivity (Wildman–Crippen MR) is 110 cm³/mol. The van der Waals surface area contributed by atoms with E-state index in [2.05, 4.69) is 10.2 Å². The summed E-state index contributed by atoms with van der Waals surface area (Å²) in [5.41, 5.74) is 1.75. The van der Waals surface area contributed by atoms with Gasteiger partial charge in [-0.1, -0.05) is 29.3 Å². The minimum atomic E-state index is -0.566. The monoisotopic (exact) mass is 417 g/mol. The fourth-order valence-electron chi connectivity index (χ4n) is 2.81. The highest BCUT2D eigenvalue weighted by Gasteiger charge is 2.18. The van der Waals surface area contributed by atoms with E-state index >= 15 is 0 Å². The summed E-state index contributed by atoms with van der Waals surface area (Å²) in [5.74, 6) is -0.640. The molecule has 0 aromatic heterocycles. The van der Waals surface area contributed by atoms with E-state index in [0.29, 0.717) is 42.6 Å². The first-order valence-corrected chi connectivity index (χ1v) is 9.27. The van der Waals surface area contributed by atoms with Crippen LogP contribution in [0.5, 0.6) is 5.75 Å². The van der Waals surface area contributed by atoms with Gasteiger partial charge in [0.1, 0.15) is 17.4 Å². The fourth-order valence-corrected chi connectivity index (χ4v) is 3.17. The number of carbonyl (C=O) groups excluding carboxylic acids is 1. The number of nitrogens with one attached hydrogen (secondary N) is 1. The van der Waals surface area contributed by atoms with Crippen LogP contribution >= 0.6 is 23.2 Å². The lowest BCUT2D eigenvalue weighted by atomic mass is 10.1. The van der Waals surface area contributed by atoms with E-state index in [1.807, 2.05) is 12.1 Å². The number of hydrogen-bond donors (Lipinski definition) is 2. The van der Waals surface area contributed by atoms with Gasteiger partial charge in [-0.05, 0) is 42.0 Å². The fraction of sp³-hybridized carbons (Fsp3) is 0.200. The van der Waals surface area contributed by atoms with Crippen molar-refractivity contribution in [2.45, 2.75) is 0 Å². The molecule has 28 heavy (non-hydrogen) atoms. The van der Waals surface area contributed by atoms with E-state index in [1.54, 1.807) is 18.2 Å².